The molecule has 0 bridgehead atoms. The van der Waals surface area contributed by atoms with Crippen molar-refractivity contribution >= 4 is 75.1 Å². The van der Waals surface area contributed by atoms with Gasteiger partial charge >= 0.3 is 29.4 Å². The molecule has 2 aromatic rings. The fraction of sp³-hybridized carbons (Fsp3) is 0.625. The van der Waals surface area contributed by atoms with Crippen molar-refractivity contribution in [1.29, 1.82) is 0 Å². The minimum atomic E-state index is -5.60. The highest BCUT2D eigenvalue weighted by atomic mass is 32.2. The highest BCUT2D eigenvalue weighted by molar-refractivity contribution is 8.13. The molecule has 1 saturated heterocycles. The number of aromatic nitrogens is 4. The van der Waals surface area contributed by atoms with Crippen LogP contribution in [0.1, 0.15) is 26.5 Å². The second-order valence-electron chi connectivity index (χ2n) is 12.0. The summed E-state index contributed by atoms with van der Waals surface area (Å²) in [5.41, 5.74) is 4.15. The molecule has 0 spiro atoms. The van der Waals surface area contributed by atoms with E-state index < -0.39 is 102 Å². The summed E-state index contributed by atoms with van der Waals surface area (Å²) in [6.45, 7) is -0.0922. The van der Waals surface area contributed by atoms with E-state index in [1.165, 1.54) is 13.8 Å². The molecule has 1 aliphatic heterocycles. The van der Waals surface area contributed by atoms with Gasteiger partial charge in [0.2, 0.25) is 23.0 Å². The van der Waals surface area contributed by atoms with Gasteiger partial charge in [-0.1, -0.05) is 25.6 Å². The van der Waals surface area contributed by atoms with Gasteiger partial charge in [-0.05, 0) is 0 Å². The maximum atomic E-state index is 12.6. The quantitative estimate of drug-likeness (QED) is 0.0341. The minimum absolute atomic E-state index is 0.0124. The number of phosphoric ester groups is 3. The van der Waals surface area contributed by atoms with Crippen LogP contribution in [-0.4, -0.2) is 145 Å². The molecule has 31 heteroatoms. The number of carbonyl (C=O) groups excluding carboxylic acids is 3. The number of carboxylic acid groups (broad SMARTS) is 1. The number of thioether (sulfide) groups is 1. The molecule has 3 rings (SSSR count). The van der Waals surface area contributed by atoms with E-state index in [0.29, 0.717) is 11.8 Å². The molecule has 2 amide bonds. The number of rotatable bonds is 21. The zero-order valence-corrected chi connectivity index (χ0v) is 32.0. The van der Waals surface area contributed by atoms with Gasteiger partial charge < -0.3 is 61.1 Å². The van der Waals surface area contributed by atoms with E-state index in [9.17, 15) is 62.7 Å². The molecule has 0 saturated carbocycles. The number of carbonyl (C=O) groups is 4. The van der Waals surface area contributed by atoms with Gasteiger partial charge in [0.25, 0.3) is 0 Å². The number of carboxylic acids is 1. The third-order valence-corrected chi connectivity index (χ3v) is 11.2. The maximum Gasteiger partial charge on any atom is 0.481 e. The zero-order chi connectivity index (χ0) is 41.5. The lowest BCUT2D eigenvalue weighted by molar-refractivity contribution is -0.149. The van der Waals surface area contributed by atoms with Gasteiger partial charge in [-0.3, -0.25) is 32.5 Å². The number of hydrogen-bond acceptors (Lipinski definition) is 20. The number of imidazole rings is 1. The molecule has 3 heterocycles. The van der Waals surface area contributed by atoms with Crippen LogP contribution in [0, 0.1) is 5.41 Å². The molecule has 310 valence electrons. The molecule has 2 aromatic heterocycles. The number of hydrogen-bond donors (Lipinski definition) is 11. The molecular weight excluding hydrogens is 831 g/mol. The topological polar surface area (TPSA) is 421 Å². The number of nitrogens with one attached hydrogen (secondary N) is 2. The minimum Gasteiger partial charge on any atom is -0.479 e. The van der Waals surface area contributed by atoms with E-state index in [1.807, 2.05) is 0 Å². The monoisotopic (exact) mass is 869 g/mol. The van der Waals surface area contributed by atoms with Gasteiger partial charge in [-0.2, -0.15) is 4.31 Å². The highest BCUT2D eigenvalue weighted by Gasteiger charge is 2.50. The molecule has 0 radical (unpaired) electrons. The van der Waals surface area contributed by atoms with Crippen molar-refractivity contribution in [2.24, 2.45) is 5.41 Å². The van der Waals surface area contributed by atoms with Crippen LogP contribution >= 0.6 is 35.2 Å². The van der Waals surface area contributed by atoms with Crippen LogP contribution in [0.25, 0.3) is 11.2 Å². The van der Waals surface area contributed by atoms with E-state index in [4.69, 9.17) is 29.7 Å². The normalized spacial score (nSPS) is 22.3. The van der Waals surface area contributed by atoms with Crippen LogP contribution in [0.3, 0.4) is 0 Å². The number of fused-ring (bicyclic) bond motifs is 1. The van der Waals surface area contributed by atoms with Gasteiger partial charge in [0.15, 0.2) is 17.7 Å². The number of ether oxygens (including phenoxy) is 1. The first-order valence-corrected chi connectivity index (χ1v) is 20.8. The van der Waals surface area contributed by atoms with Crippen molar-refractivity contribution in [3.05, 3.63) is 12.7 Å². The Balaban J connectivity index is 1.50. The van der Waals surface area contributed by atoms with Crippen molar-refractivity contribution in [2.75, 3.05) is 37.8 Å². The lowest BCUT2D eigenvalue weighted by Gasteiger charge is -2.30. The number of nitrogens with two attached hydrogens (primary N) is 1. The standard InChI is InChI=1S/C24H38N7O20P3S/c1-24(2,17(35)20(36)27-4-3-12(32)26-5-6-55-23(39)15(34)22(37)38)8-48-54(45,46)51-53(43,44)47-7-11-16(50-52(40,41)42)14(33)21(49-11)31-10-30-13-18(25)28-9-29-19(13)31/h9-11,14-17,21,33-35H,3-8H2,1-2H3,(H,26,32)(H,27,36)(H,37,38)(H,43,44)(H,45,46)(H2,25,28,29)(H2,40,41,42)/t11-,14-,15+,16-,17+,21-/m1/s1. The SMILES string of the molecule is CC(C)(COP(=O)(O)OP(=O)(O)OC[C@H]1O[C@@H](n2cnc3c(N)ncnc32)[C@H](O)[C@@H]1OP(=O)(O)O)[C@@H](O)C(=O)NCCC(=O)NCCSC(=O)[C@@H](O)C(=O)O. The predicted octanol–water partition coefficient (Wildman–Crippen LogP) is -2.89. The molecule has 1 fully saturated rings. The summed E-state index contributed by atoms with van der Waals surface area (Å²) in [5.74, 6) is -3.50. The number of aliphatic hydroxyl groups excluding tert-OH is 3. The van der Waals surface area contributed by atoms with Crippen LogP contribution in [0.15, 0.2) is 12.7 Å². The summed E-state index contributed by atoms with van der Waals surface area (Å²) in [4.78, 5) is 97.2. The number of amides is 2. The van der Waals surface area contributed by atoms with Gasteiger partial charge in [0.05, 0.1) is 19.5 Å². The molecular formula is C24H38N7O20P3S. The van der Waals surface area contributed by atoms with E-state index in [-0.39, 0.29) is 42.2 Å². The van der Waals surface area contributed by atoms with Crippen molar-refractivity contribution < 1.29 is 95.5 Å². The summed E-state index contributed by atoms with van der Waals surface area (Å²) < 4.78 is 61.8. The Morgan fingerprint density at radius 3 is 2.33 bits per heavy atom. The van der Waals surface area contributed by atoms with E-state index >= 15 is 0 Å². The second kappa shape index (κ2) is 19.0. The van der Waals surface area contributed by atoms with E-state index in [1.54, 1.807) is 0 Å². The third-order valence-electron chi connectivity index (χ3n) is 7.20. The second-order valence-corrected chi connectivity index (χ2v) is 17.3. The van der Waals surface area contributed by atoms with Gasteiger partial charge in [0, 0.05) is 30.7 Å². The molecule has 27 nitrogen and oxygen atoms in total. The van der Waals surface area contributed by atoms with Gasteiger partial charge in [-0.15, -0.1) is 0 Å². The summed E-state index contributed by atoms with van der Waals surface area (Å²) in [7, 11) is -16.5. The predicted molar refractivity (Wildman–Crippen MR) is 181 cm³/mol. The van der Waals surface area contributed by atoms with Crippen LogP contribution < -0.4 is 16.4 Å². The largest absolute Gasteiger partial charge is 0.481 e. The Bertz CT molecular complexity index is 1860. The van der Waals surface area contributed by atoms with Crippen LogP contribution in [-0.2, 0) is 55.5 Å². The molecule has 0 aliphatic carbocycles. The maximum absolute atomic E-state index is 12.6. The number of aliphatic hydroxyl groups is 3. The number of phosphoric acid groups is 3. The van der Waals surface area contributed by atoms with Crippen molar-refractivity contribution in [1.82, 2.24) is 30.2 Å². The summed E-state index contributed by atoms with van der Waals surface area (Å²) in [6, 6.07) is 0. The number of nitrogens with zero attached hydrogens (tertiary/aromatic N) is 4. The Morgan fingerprint density at radius 2 is 1.69 bits per heavy atom. The van der Waals surface area contributed by atoms with Crippen LogP contribution in [0.2, 0.25) is 0 Å². The first-order chi connectivity index (χ1) is 25.3. The van der Waals surface area contributed by atoms with Crippen molar-refractivity contribution in [3.8, 4) is 0 Å². The molecule has 12 N–H and O–H groups in total. The number of aliphatic carboxylic acids is 1. The van der Waals surface area contributed by atoms with E-state index in [0.717, 1.165) is 17.2 Å². The van der Waals surface area contributed by atoms with Crippen LogP contribution in [0.5, 0.6) is 0 Å². The average Bonchev–Trinajstić information content (AvgIpc) is 3.64. The molecule has 8 atom stereocenters. The Kier molecular flexibility index (Phi) is 16.0. The molecule has 1 aliphatic rings. The zero-order valence-electron chi connectivity index (χ0n) is 28.5. The fourth-order valence-electron chi connectivity index (χ4n) is 4.46. The van der Waals surface area contributed by atoms with Crippen molar-refractivity contribution in [3.63, 3.8) is 0 Å². The van der Waals surface area contributed by atoms with Crippen molar-refractivity contribution in [2.45, 2.75) is 57.0 Å². The van der Waals surface area contributed by atoms with Gasteiger partial charge in [-0.25, -0.2) is 33.4 Å². The number of nitrogen functional groups attached to an aromatic ring is 1. The summed E-state index contributed by atoms with van der Waals surface area (Å²) in [5, 5.41) is 42.6. The lowest BCUT2D eigenvalue weighted by atomic mass is 9.87. The Labute approximate surface area is 313 Å². The lowest BCUT2D eigenvalue weighted by Crippen LogP contribution is -2.46. The van der Waals surface area contributed by atoms with E-state index in [2.05, 4.69) is 34.4 Å². The molecule has 0 aromatic carbocycles. The van der Waals surface area contributed by atoms with Crippen LogP contribution in [0.4, 0.5) is 5.82 Å². The smallest absolute Gasteiger partial charge is 0.479 e. The molecule has 2 unspecified atom stereocenters. The van der Waals surface area contributed by atoms with Gasteiger partial charge in [0.1, 0.15) is 36.3 Å². The molecule has 55 heavy (non-hydrogen) atoms. The summed E-state index contributed by atoms with van der Waals surface area (Å²) >= 11 is 0.476. The first-order valence-electron chi connectivity index (χ1n) is 15.3. The average molecular weight is 870 g/mol. The Hall–Kier alpha value is -3.01. The Morgan fingerprint density at radius 1 is 1.04 bits per heavy atom. The highest BCUT2D eigenvalue weighted by Crippen LogP contribution is 2.61. The third kappa shape index (κ3) is 13.6. The first kappa shape index (κ1) is 46.4. The fourth-order valence-corrected chi connectivity index (χ4v) is 7.95. The number of anilines is 1. The summed E-state index contributed by atoms with van der Waals surface area (Å²) in [6.07, 6.45) is -9.45.